The molecule has 0 amide bonds. The van der Waals surface area contributed by atoms with Crippen molar-refractivity contribution in [3.8, 4) is 0 Å². The number of hydrogen-bond acceptors (Lipinski definition) is 2. The molecular formula is C16H21F3NO2+. The first-order valence-corrected chi connectivity index (χ1v) is 7.56. The van der Waals surface area contributed by atoms with Crippen LogP contribution in [0.25, 0.3) is 0 Å². The molecule has 0 aliphatic carbocycles. The van der Waals surface area contributed by atoms with Gasteiger partial charge in [0.25, 0.3) is 0 Å². The number of nitrogens with one attached hydrogen (secondary N) is 1. The first-order chi connectivity index (χ1) is 10.4. The van der Waals surface area contributed by atoms with E-state index in [2.05, 4.69) is 0 Å². The van der Waals surface area contributed by atoms with E-state index in [1.807, 2.05) is 0 Å². The number of hydrogen-bond donors (Lipinski definition) is 1. The van der Waals surface area contributed by atoms with Gasteiger partial charge in [0.15, 0.2) is 0 Å². The number of rotatable bonds is 4. The number of halogens is 3. The van der Waals surface area contributed by atoms with E-state index in [1.165, 1.54) is 12.1 Å². The van der Waals surface area contributed by atoms with Crippen molar-refractivity contribution in [2.75, 3.05) is 19.7 Å². The molecule has 1 aromatic carbocycles. The standard InChI is InChI=1S/C16H20F3NO2/c1-2-22-15(21)13-6-4-8-20(11-13)10-12-5-3-7-14(9-12)16(17,18)19/h3,5,7,9,13H,2,4,6,8,10-11H2,1H3/p+1/t13-/m1/s1. The minimum Gasteiger partial charge on any atom is -0.466 e. The van der Waals surface area contributed by atoms with Gasteiger partial charge in [-0.2, -0.15) is 13.2 Å². The van der Waals surface area contributed by atoms with Gasteiger partial charge in [0.05, 0.1) is 25.3 Å². The van der Waals surface area contributed by atoms with Crippen molar-refractivity contribution in [2.45, 2.75) is 32.5 Å². The van der Waals surface area contributed by atoms with Crippen LogP contribution in [0.4, 0.5) is 13.2 Å². The highest BCUT2D eigenvalue weighted by atomic mass is 19.4. The van der Waals surface area contributed by atoms with Gasteiger partial charge >= 0.3 is 12.1 Å². The fourth-order valence-electron chi connectivity index (χ4n) is 2.92. The number of esters is 1. The largest absolute Gasteiger partial charge is 0.466 e. The monoisotopic (exact) mass is 316 g/mol. The molecule has 1 unspecified atom stereocenters. The Balaban J connectivity index is 2.00. The maximum absolute atomic E-state index is 12.7. The Morgan fingerprint density at radius 2 is 2.18 bits per heavy atom. The van der Waals surface area contributed by atoms with Crippen LogP contribution < -0.4 is 4.90 Å². The van der Waals surface area contributed by atoms with Crippen LogP contribution in [0.1, 0.15) is 30.9 Å². The van der Waals surface area contributed by atoms with Gasteiger partial charge in [-0.1, -0.05) is 12.1 Å². The van der Waals surface area contributed by atoms with Crippen molar-refractivity contribution in [1.29, 1.82) is 0 Å². The number of benzene rings is 1. The SMILES string of the molecule is CCOC(=O)[C@@H]1CCC[NH+](Cc2cccc(C(F)(F)F)c2)C1. The quantitative estimate of drug-likeness (QED) is 0.862. The third kappa shape index (κ3) is 4.47. The number of piperidine rings is 1. The average Bonchev–Trinajstić information content (AvgIpc) is 2.47. The van der Waals surface area contributed by atoms with Crippen LogP contribution in [0.15, 0.2) is 24.3 Å². The third-order valence-electron chi connectivity index (χ3n) is 3.95. The van der Waals surface area contributed by atoms with E-state index in [0.29, 0.717) is 25.3 Å². The molecule has 122 valence electrons. The van der Waals surface area contributed by atoms with Crippen molar-refractivity contribution in [3.63, 3.8) is 0 Å². The summed E-state index contributed by atoms with van der Waals surface area (Å²) in [5.41, 5.74) is 0.0256. The second kappa shape index (κ2) is 7.13. The predicted octanol–water partition coefficient (Wildman–Crippen LogP) is 2.06. The average molecular weight is 316 g/mol. The molecule has 1 N–H and O–H groups in total. The molecule has 6 heteroatoms. The lowest BCUT2D eigenvalue weighted by atomic mass is 9.97. The number of carbonyl (C=O) groups is 1. The zero-order valence-corrected chi connectivity index (χ0v) is 12.6. The normalized spacial score (nSPS) is 22.4. The van der Waals surface area contributed by atoms with E-state index < -0.39 is 11.7 Å². The Kier molecular flexibility index (Phi) is 5.45. The highest BCUT2D eigenvalue weighted by Crippen LogP contribution is 2.29. The Labute approximate surface area is 128 Å². The van der Waals surface area contributed by atoms with E-state index in [1.54, 1.807) is 13.0 Å². The predicted molar refractivity (Wildman–Crippen MR) is 75.2 cm³/mol. The first-order valence-electron chi connectivity index (χ1n) is 7.56. The van der Waals surface area contributed by atoms with E-state index >= 15 is 0 Å². The van der Waals surface area contributed by atoms with Crippen molar-refractivity contribution in [2.24, 2.45) is 5.92 Å². The number of carbonyl (C=O) groups excluding carboxylic acids is 1. The molecule has 3 nitrogen and oxygen atoms in total. The zero-order chi connectivity index (χ0) is 16.2. The van der Waals surface area contributed by atoms with Crippen LogP contribution in [0.2, 0.25) is 0 Å². The summed E-state index contributed by atoms with van der Waals surface area (Å²) in [4.78, 5) is 12.9. The van der Waals surface area contributed by atoms with Crippen LogP contribution in [0.5, 0.6) is 0 Å². The first kappa shape index (κ1) is 16.8. The van der Waals surface area contributed by atoms with Crippen molar-refractivity contribution in [1.82, 2.24) is 0 Å². The molecule has 1 saturated heterocycles. The second-order valence-corrected chi connectivity index (χ2v) is 5.67. The summed E-state index contributed by atoms with van der Waals surface area (Å²) in [6.45, 7) is 4.12. The number of likely N-dealkylation sites (tertiary alicyclic amines) is 1. The Morgan fingerprint density at radius 1 is 1.41 bits per heavy atom. The van der Waals surface area contributed by atoms with Crippen LogP contribution in [0, 0.1) is 5.92 Å². The summed E-state index contributed by atoms with van der Waals surface area (Å²) < 4.78 is 43.2. The molecule has 1 aromatic rings. The summed E-state index contributed by atoms with van der Waals surface area (Å²) in [5, 5.41) is 0. The molecule has 0 radical (unpaired) electrons. The molecule has 1 fully saturated rings. The summed E-state index contributed by atoms with van der Waals surface area (Å²) >= 11 is 0. The van der Waals surface area contributed by atoms with Gasteiger partial charge in [-0.15, -0.1) is 0 Å². The van der Waals surface area contributed by atoms with Crippen molar-refractivity contribution < 1.29 is 27.6 Å². The lowest BCUT2D eigenvalue weighted by molar-refractivity contribution is -0.921. The molecule has 0 aromatic heterocycles. The molecule has 2 atom stereocenters. The maximum atomic E-state index is 12.7. The summed E-state index contributed by atoms with van der Waals surface area (Å²) in [5.74, 6) is -0.335. The van der Waals surface area contributed by atoms with Crippen LogP contribution in [-0.2, 0) is 22.3 Å². The Bertz CT molecular complexity index is 516. The zero-order valence-electron chi connectivity index (χ0n) is 12.6. The smallest absolute Gasteiger partial charge is 0.416 e. The second-order valence-electron chi connectivity index (χ2n) is 5.67. The van der Waals surface area contributed by atoms with Gasteiger partial charge in [-0.3, -0.25) is 4.79 Å². The third-order valence-corrected chi connectivity index (χ3v) is 3.95. The lowest BCUT2D eigenvalue weighted by Gasteiger charge is -2.28. The molecule has 0 saturated carbocycles. The van der Waals surface area contributed by atoms with Gasteiger partial charge in [0.1, 0.15) is 12.5 Å². The maximum Gasteiger partial charge on any atom is 0.416 e. The lowest BCUT2D eigenvalue weighted by Crippen LogP contribution is -3.12. The molecule has 0 spiro atoms. The van der Waals surface area contributed by atoms with Gasteiger partial charge in [0.2, 0.25) is 0 Å². The molecule has 1 aliphatic heterocycles. The van der Waals surface area contributed by atoms with Crippen molar-refractivity contribution >= 4 is 5.97 Å². The molecule has 22 heavy (non-hydrogen) atoms. The fourth-order valence-corrected chi connectivity index (χ4v) is 2.92. The van der Waals surface area contributed by atoms with Crippen LogP contribution >= 0.6 is 0 Å². The minimum absolute atomic E-state index is 0.144. The van der Waals surface area contributed by atoms with Gasteiger partial charge in [-0.05, 0) is 31.9 Å². The molecule has 1 heterocycles. The van der Waals surface area contributed by atoms with Crippen LogP contribution in [-0.4, -0.2) is 25.7 Å². The highest BCUT2D eigenvalue weighted by molar-refractivity contribution is 5.72. The van der Waals surface area contributed by atoms with Gasteiger partial charge in [-0.25, -0.2) is 0 Å². The van der Waals surface area contributed by atoms with E-state index in [9.17, 15) is 18.0 Å². The molecular weight excluding hydrogens is 295 g/mol. The fraction of sp³-hybridized carbons (Fsp3) is 0.562. The summed E-state index contributed by atoms with van der Waals surface area (Å²) in [6.07, 6.45) is -2.64. The molecule has 1 aliphatic rings. The minimum atomic E-state index is -4.32. The Morgan fingerprint density at radius 3 is 2.86 bits per heavy atom. The number of ether oxygens (including phenoxy) is 1. The summed E-state index contributed by atoms with van der Waals surface area (Å²) in [7, 11) is 0. The van der Waals surface area contributed by atoms with E-state index in [-0.39, 0.29) is 11.9 Å². The van der Waals surface area contributed by atoms with E-state index in [0.717, 1.165) is 30.4 Å². The summed E-state index contributed by atoms with van der Waals surface area (Å²) in [6, 6.07) is 5.41. The number of quaternary nitrogens is 1. The van der Waals surface area contributed by atoms with Gasteiger partial charge in [0, 0.05) is 5.56 Å². The molecule has 2 rings (SSSR count). The van der Waals surface area contributed by atoms with Gasteiger partial charge < -0.3 is 9.64 Å². The highest BCUT2D eigenvalue weighted by Gasteiger charge is 2.32. The molecule has 0 bridgehead atoms. The number of alkyl halides is 3. The van der Waals surface area contributed by atoms with Crippen molar-refractivity contribution in [3.05, 3.63) is 35.4 Å². The Hall–Kier alpha value is -1.56. The van der Waals surface area contributed by atoms with E-state index in [4.69, 9.17) is 4.74 Å². The topological polar surface area (TPSA) is 30.7 Å². The van der Waals surface area contributed by atoms with Crippen LogP contribution in [0.3, 0.4) is 0 Å².